The van der Waals surface area contributed by atoms with E-state index < -0.39 is 6.10 Å². The average molecular weight is 1060 g/mol. The van der Waals surface area contributed by atoms with E-state index in [0.29, 0.717) is 19.3 Å². The molecule has 76 heavy (non-hydrogen) atoms. The maximum absolute atomic E-state index is 12.9. The summed E-state index contributed by atoms with van der Waals surface area (Å²) in [5, 5.41) is 0. The van der Waals surface area contributed by atoms with Gasteiger partial charge in [-0.15, -0.1) is 0 Å². The number of esters is 3. The van der Waals surface area contributed by atoms with Gasteiger partial charge < -0.3 is 14.2 Å². The molecular formula is C70H124O6. The number of carbonyl (C=O) groups excluding carboxylic acids is 3. The number of hydrogen-bond donors (Lipinski definition) is 0. The molecule has 0 aliphatic heterocycles. The van der Waals surface area contributed by atoms with Gasteiger partial charge in [-0.25, -0.2) is 0 Å². The minimum Gasteiger partial charge on any atom is -0.462 e. The van der Waals surface area contributed by atoms with Crippen molar-refractivity contribution in [3.63, 3.8) is 0 Å². The Bertz CT molecular complexity index is 1400. The maximum Gasteiger partial charge on any atom is 0.306 e. The van der Waals surface area contributed by atoms with E-state index in [1.807, 2.05) is 0 Å². The SMILES string of the molecule is CC/C=C\C/C=C\C/C=C\CCCCCCCCCC(=O)OC(COC(=O)CCCCCCC/C=C\CCCCCCC)COC(=O)CCCCCCCCCCCCCCCCC/C=C\C/C=C\CCCCCCC. The van der Waals surface area contributed by atoms with Crippen LogP contribution in [0.4, 0.5) is 0 Å². The Kier molecular flexibility index (Phi) is 61.7. The highest BCUT2D eigenvalue weighted by atomic mass is 16.6. The van der Waals surface area contributed by atoms with Crippen molar-refractivity contribution in [2.45, 2.75) is 341 Å². The van der Waals surface area contributed by atoms with Crippen molar-refractivity contribution in [2.75, 3.05) is 13.2 Å². The van der Waals surface area contributed by atoms with Crippen LogP contribution in [0.2, 0.25) is 0 Å². The van der Waals surface area contributed by atoms with Gasteiger partial charge in [0, 0.05) is 19.3 Å². The van der Waals surface area contributed by atoms with E-state index in [1.54, 1.807) is 0 Å². The number of rotatable bonds is 60. The van der Waals surface area contributed by atoms with Crippen LogP contribution in [0.3, 0.4) is 0 Å². The first kappa shape index (κ1) is 72.8. The fourth-order valence-electron chi connectivity index (χ4n) is 9.48. The number of unbranched alkanes of at least 4 members (excludes halogenated alkanes) is 37. The smallest absolute Gasteiger partial charge is 0.306 e. The van der Waals surface area contributed by atoms with Crippen molar-refractivity contribution in [1.29, 1.82) is 0 Å². The van der Waals surface area contributed by atoms with Gasteiger partial charge in [-0.2, -0.15) is 0 Å². The molecule has 1 atom stereocenters. The number of ether oxygens (including phenoxy) is 3. The standard InChI is InChI=1S/C70H124O6/c1-4-7-10-13-16-19-22-25-28-30-31-32-33-34-35-36-37-38-39-41-42-45-48-51-54-57-60-63-69(72)75-66-67(65-74-68(71)62-59-56-53-50-47-44-27-24-21-18-15-12-9-6-3)76-70(73)64-61-58-55-52-49-46-43-40-29-26-23-20-17-14-11-8-5-2/h8,11,17,20,22,24-27,29-31,67H,4-7,9-10,12-16,18-19,21,23,28,32-66H2,1-3H3/b11-8-,20-17-,25-22-,27-24-,29-26-,31-30-. The third kappa shape index (κ3) is 61.7. The van der Waals surface area contributed by atoms with Gasteiger partial charge in [-0.1, -0.05) is 280 Å². The Balaban J connectivity index is 4.27. The summed E-state index contributed by atoms with van der Waals surface area (Å²) in [4.78, 5) is 38.3. The Morgan fingerprint density at radius 2 is 0.513 bits per heavy atom. The molecule has 6 heteroatoms. The molecule has 1 unspecified atom stereocenters. The van der Waals surface area contributed by atoms with Gasteiger partial charge in [0.05, 0.1) is 0 Å². The summed E-state index contributed by atoms with van der Waals surface area (Å²) in [5.74, 6) is -0.884. The lowest BCUT2D eigenvalue weighted by Gasteiger charge is -2.18. The van der Waals surface area contributed by atoms with Crippen molar-refractivity contribution in [2.24, 2.45) is 0 Å². The zero-order chi connectivity index (χ0) is 55.0. The lowest BCUT2D eigenvalue weighted by molar-refractivity contribution is -0.167. The van der Waals surface area contributed by atoms with E-state index in [2.05, 4.69) is 93.7 Å². The highest BCUT2D eigenvalue weighted by molar-refractivity contribution is 5.71. The average Bonchev–Trinajstić information content (AvgIpc) is 3.42. The highest BCUT2D eigenvalue weighted by Gasteiger charge is 2.19. The minimum atomic E-state index is -0.784. The zero-order valence-electron chi connectivity index (χ0n) is 50.5. The maximum atomic E-state index is 12.9. The Morgan fingerprint density at radius 1 is 0.276 bits per heavy atom. The van der Waals surface area contributed by atoms with Gasteiger partial charge in [0.1, 0.15) is 13.2 Å². The van der Waals surface area contributed by atoms with E-state index in [0.717, 1.165) is 96.3 Å². The van der Waals surface area contributed by atoms with Crippen molar-refractivity contribution in [1.82, 2.24) is 0 Å². The third-order valence-electron chi connectivity index (χ3n) is 14.4. The van der Waals surface area contributed by atoms with Crippen LogP contribution in [0.15, 0.2) is 72.9 Å². The lowest BCUT2D eigenvalue weighted by atomic mass is 10.0. The molecule has 6 nitrogen and oxygen atoms in total. The van der Waals surface area contributed by atoms with Crippen molar-refractivity contribution < 1.29 is 28.6 Å². The molecule has 0 bridgehead atoms. The first-order chi connectivity index (χ1) is 37.5. The number of hydrogen-bond acceptors (Lipinski definition) is 6. The quantitative estimate of drug-likeness (QED) is 0.0261. The van der Waals surface area contributed by atoms with Gasteiger partial charge >= 0.3 is 17.9 Å². The monoisotopic (exact) mass is 1060 g/mol. The Labute approximate surface area is 472 Å². The van der Waals surface area contributed by atoms with Crippen LogP contribution in [0.25, 0.3) is 0 Å². The molecule has 0 saturated heterocycles. The van der Waals surface area contributed by atoms with Gasteiger partial charge in [0.15, 0.2) is 6.10 Å². The molecule has 0 amide bonds. The zero-order valence-corrected chi connectivity index (χ0v) is 50.5. The summed E-state index contributed by atoms with van der Waals surface area (Å²) in [6.07, 6.45) is 83.4. The predicted octanol–water partition coefficient (Wildman–Crippen LogP) is 22.5. The van der Waals surface area contributed by atoms with E-state index >= 15 is 0 Å². The van der Waals surface area contributed by atoms with Crippen molar-refractivity contribution >= 4 is 17.9 Å². The first-order valence-corrected chi connectivity index (χ1v) is 32.9. The Hall–Kier alpha value is -3.15. The summed E-state index contributed by atoms with van der Waals surface area (Å²) in [5.41, 5.74) is 0. The summed E-state index contributed by atoms with van der Waals surface area (Å²) >= 11 is 0. The number of carbonyl (C=O) groups is 3. The van der Waals surface area contributed by atoms with Crippen molar-refractivity contribution in [3.05, 3.63) is 72.9 Å². The largest absolute Gasteiger partial charge is 0.462 e. The lowest BCUT2D eigenvalue weighted by Crippen LogP contribution is -2.30. The van der Waals surface area contributed by atoms with Crippen LogP contribution in [0.1, 0.15) is 335 Å². The molecule has 0 fully saturated rings. The van der Waals surface area contributed by atoms with Gasteiger partial charge in [0.2, 0.25) is 0 Å². The van der Waals surface area contributed by atoms with Gasteiger partial charge in [0.25, 0.3) is 0 Å². The number of allylic oxidation sites excluding steroid dienone is 12. The molecular weight excluding hydrogens is 937 g/mol. The highest BCUT2D eigenvalue weighted by Crippen LogP contribution is 2.17. The fourth-order valence-corrected chi connectivity index (χ4v) is 9.48. The summed E-state index contributed by atoms with van der Waals surface area (Å²) in [6.45, 7) is 6.53. The molecule has 0 rings (SSSR count). The predicted molar refractivity (Wildman–Crippen MR) is 330 cm³/mol. The molecule has 0 N–H and O–H groups in total. The molecule has 0 aliphatic carbocycles. The summed E-state index contributed by atoms with van der Waals surface area (Å²) in [6, 6.07) is 0. The van der Waals surface area contributed by atoms with E-state index in [9.17, 15) is 14.4 Å². The molecule has 0 aliphatic rings. The molecule has 0 heterocycles. The molecule has 0 aromatic rings. The minimum absolute atomic E-state index is 0.0800. The van der Waals surface area contributed by atoms with E-state index in [4.69, 9.17) is 14.2 Å². The summed E-state index contributed by atoms with van der Waals surface area (Å²) < 4.78 is 16.9. The molecule has 0 saturated carbocycles. The molecule has 0 aromatic heterocycles. The van der Waals surface area contributed by atoms with Gasteiger partial charge in [-0.3, -0.25) is 14.4 Å². The van der Waals surface area contributed by atoms with Crippen LogP contribution in [0, 0.1) is 0 Å². The van der Waals surface area contributed by atoms with Crippen LogP contribution >= 0.6 is 0 Å². The normalized spacial score (nSPS) is 12.5. The third-order valence-corrected chi connectivity index (χ3v) is 14.4. The van der Waals surface area contributed by atoms with Crippen LogP contribution in [0.5, 0.6) is 0 Å². The van der Waals surface area contributed by atoms with Crippen LogP contribution in [-0.4, -0.2) is 37.2 Å². The van der Waals surface area contributed by atoms with Gasteiger partial charge in [-0.05, 0) is 109 Å². The summed E-state index contributed by atoms with van der Waals surface area (Å²) in [7, 11) is 0. The van der Waals surface area contributed by atoms with Crippen LogP contribution < -0.4 is 0 Å². The molecule has 0 aromatic carbocycles. The van der Waals surface area contributed by atoms with E-state index in [1.165, 1.54) is 199 Å². The van der Waals surface area contributed by atoms with E-state index in [-0.39, 0.29) is 31.1 Å². The van der Waals surface area contributed by atoms with Crippen molar-refractivity contribution in [3.8, 4) is 0 Å². The second-order valence-electron chi connectivity index (χ2n) is 22.0. The Morgan fingerprint density at radius 3 is 0.816 bits per heavy atom. The molecule has 0 spiro atoms. The second kappa shape index (κ2) is 64.4. The van der Waals surface area contributed by atoms with Crippen LogP contribution in [-0.2, 0) is 28.6 Å². The second-order valence-corrected chi connectivity index (χ2v) is 22.0. The molecule has 0 radical (unpaired) electrons. The molecule has 440 valence electrons. The topological polar surface area (TPSA) is 78.9 Å². The fraction of sp³-hybridized carbons (Fsp3) is 0.786. The first-order valence-electron chi connectivity index (χ1n) is 32.9.